The van der Waals surface area contributed by atoms with Crippen LogP contribution in [0.15, 0.2) is 18.2 Å². The second-order valence-corrected chi connectivity index (χ2v) is 3.92. The smallest absolute Gasteiger partial charge is 0.322 e. The molecular formula is C11H13N3O3. The maximum absolute atomic E-state index is 11.1. The monoisotopic (exact) mass is 235 g/mol. The molecule has 17 heavy (non-hydrogen) atoms. The quantitative estimate of drug-likeness (QED) is 0.588. The van der Waals surface area contributed by atoms with Crippen molar-refractivity contribution in [3.05, 3.63) is 23.8 Å². The number of carboxylic acids is 1. The molecule has 1 aliphatic rings. The van der Waals surface area contributed by atoms with E-state index in [2.05, 4.69) is 10.6 Å². The highest BCUT2D eigenvalue weighted by Gasteiger charge is 2.17. The van der Waals surface area contributed by atoms with Crippen LogP contribution in [0.3, 0.4) is 0 Å². The van der Waals surface area contributed by atoms with Gasteiger partial charge in [0.25, 0.3) is 0 Å². The first kappa shape index (κ1) is 11.4. The number of aliphatic carboxylic acids is 1. The van der Waals surface area contributed by atoms with Gasteiger partial charge in [0.2, 0.25) is 5.91 Å². The number of carbonyl (C=O) groups excluding carboxylic acids is 1. The van der Waals surface area contributed by atoms with Crippen molar-refractivity contribution in [3.63, 3.8) is 0 Å². The third-order valence-electron chi connectivity index (χ3n) is 2.57. The number of nitrogens with one attached hydrogen (secondary N) is 2. The highest BCUT2D eigenvalue weighted by molar-refractivity contribution is 5.99. The molecular weight excluding hydrogens is 222 g/mol. The molecule has 6 nitrogen and oxygen atoms in total. The molecule has 2 rings (SSSR count). The van der Waals surface area contributed by atoms with Gasteiger partial charge in [0.15, 0.2) is 0 Å². The molecule has 0 fully saturated rings. The lowest BCUT2D eigenvalue weighted by atomic mass is 10.1. The van der Waals surface area contributed by atoms with Gasteiger partial charge in [-0.2, -0.15) is 0 Å². The van der Waals surface area contributed by atoms with E-state index < -0.39 is 12.0 Å². The van der Waals surface area contributed by atoms with Crippen molar-refractivity contribution in [2.24, 2.45) is 5.73 Å². The van der Waals surface area contributed by atoms with Crippen LogP contribution in [-0.2, 0) is 16.0 Å². The lowest BCUT2D eigenvalue weighted by Gasteiger charge is -2.10. The van der Waals surface area contributed by atoms with Gasteiger partial charge in [-0.3, -0.25) is 9.59 Å². The molecule has 1 unspecified atom stereocenters. The number of hydrogen-bond acceptors (Lipinski definition) is 4. The number of hydrogen-bond donors (Lipinski definition) is 4. The van der Waals surface area contributed by atoms with Crippen molar-refractivity contribution >= 4 is 23.3 Å². The number of rotatable bonds is 4. The van der Waals surface area contributed by atoms with Gasteiger partial charge in [-0.1, -0.05) is 0 Å². The molecule has 0 aliphatic carbocycles. The van der Waals surface area contributed by atoms with Crippen LogP contribution < -0.4 is 16.4 Å². The van der Waals surface area contributed by atoms with Gasteiger partial charge < -0.3 is 21.5 Å². The van der Waals surface area contributed by atoms with E-state index in [1.165, 1.54) is 0 Å². The van der Waals surface area contributed by atoms with Crippen LogP contribution in [0.2, 0.25) is 0 Å². The van der Waals surface area contributed by atoms with Gasteiger partial charge in [-0.05, 0) is 23.8 Å². The highest BCUT2D eigenvalue weighted by atomic mass is 16.4. The summed E-state index contributed by atoms with van der Waals surface area (Å²) in [6, 6.07) is 4.44. The van der Waals surface area contributed by atoms with Crippen molar-refractivity contribution in [2.75, 3.05) is 17.2 Å². The summed E-state index contributed by atoms with van der Waals surface area (Å²) in [6.45, 7) is 0.148. The number of nitrogens with two attached hydrogens (primary N) is 1. The van der Waals surface area contributed by atoms with Gasteiger partial charge in [0.1, 0.15) is 6.04 Å². The molecule has 0 radical (unpaired) electrons. The average molecular weight is 235 g/mol. The number of fused-ring (bicyclic) bond motifs is 1. The van der Waals surface area contributed by atoms with Crippen LogP contribution in [0.4, 0.5) is 11.4 Å². The Morgan fingerprint density at radius 3 is 3.06 bits per heavy atom. The normalized spacial score (nSPS) is 15.0. The van der Waals surface area contributed by atoms with E-state index in [9.17, 15) is 9.59 Å². The largest absolute Gasteiger partial charge is 0.480 e. The maximum Gasteiger partial charge on any atom is 0.322 e. The van der Waals surface area contributed by atoms with E-state index in [1.807, 2.05) is 6.07 Å². The molecule has 0 aromatic heterocycles. The summed E-state index contributed by atoms with van der Waals surface area (Å²) in [5, 5.41) is 14.3. The molecule has 1 aromatic rings. The first-order valence-electron chi connectivity index (χ1n) is 5.21. The Morgan fingerprint density at radius 1 is 1.59 bits per heavy atom. The Bertz CT molecular complexity index is 473. The van der Waals surface area contributed by atoms with E-state index in [-0.39, 0.29) is 12.5 Å². The average Bonchev–Trinajstić information content (AvgIpc) is 2.64. The molecule has 0 saturated carbocycles. The lowest BCUT2D eigenvalue weighted by molar-refractivity contribution is -0.138. The predicted molar refractivity (Wildman–Crippen MR) is 62.9 cm³/mol. The number of benzene rings is 1. The molecule has 0 saturated heterocycles. The van der Waals surface area contributed by atoms with Crippen molar-refractivity contribution in [2.45, 2.75) is 12.5 Å². The minimum Gasteiger partial charge on any atom is -0.480 e. The second kappa shape index (κ2) is 4.42. The van der Waals surface area contributed by atoms with Gasteiger partial charge in [0.05, 0.1) is 6.42 Å². The predicted octanol–water partition coefficient (Wildman–Crippen LogP) is 0.00500. The zero-order chi connectivity index (χ0) is 12.4. The van der Waals surface area contributed by atoms with Crippen molar-refractivity contribution in [3.8, 4) is 0 Å². The summed E-state index contributed by atoms with van der Waals surface area (Å²) in [5.74, 6) is -1.07. The molecule has 1 atom stereocenters. The number of carboxylic acid groups (broad SMARTS) is 1. The zero-order valence-corrected chi connectivity index (χ0v) is 9.06. The highest BCUT2D eigenvalue weighted by Crippen LogP contribution is 2.25. The van der Waals surface area contributed by atoms with Crippen molar-refractivity contribution in [1.82, 2.24) is 0 Å². The number of anilines is 2. The second-order valence-electron chi connectivity index (χ2n) is 3.92. The van der Waals surface area contributed by atoms with E-state index >= 15 is 0 Å². The van der Waals surface area contributed by atoms with Crippen LogP contribution >= 0.6 is 0 Å². The molecule has 1 aliphatic heterocycles. The van der Waals surface area contributed by atoms with Crippen LogP contribution in [0, 0.1) is 0 Å². The first-order chi connectivity index (χ1) is 8.06. The fourth-order valence-electron chi connectivity index (χ4n) is 1.65. The topological polar surface area (TPSA) is 104 Å². The minimum atomic E-state index is -1.05. The number of amides is 1. The minimum absolute atomic E-state index is 0.0283. The first-order valence-corrected chi connectivity index (χ1v) is 5.21. The third kappa shape index (κ3) is 2.54. The van der Waals surface area contributed by atoms with Gasteiger partial charge in [-0.15, -0.1) is 0 Å². The molecule has 0 spiro atoms. The SMILES string of the molecule is NC(CNc1ccc2c(c1)CC(=O)N2)C(=O)O. The Morgan fingerprint density at radius 2 is 2.35 bits per heavy atom. The van der Waals surface area contributed by atoms with Crippen molar-refractivity contribution in [1.29, 1.82) is 0 Å². The zero-order valence-electron chi connectivity index (χ0n) is 9.06. The van der Waals surface area contributed by atoms with Gasteiger partial charge >= 0.3 is 5.97 Å². The van der Waals surface area contributed by atoms with Gasteiger partial charge in [-0.25, -0.2) is 0 Å². The molecule has 5 N–H and O–H groups in total. The van der Waals surface area contributed by atoms with Crippen LogP contribution in [0.5, 0.6) is 0 Å². The Balaban J connectivity index is 2.02. The summed E-state index contributed by atoms with van der Waals surface area (Å²) in [5.41, 5.74) is 7.85. The Kier molecular flexibility index (Phi) is 2.97. The van der Waals surface area contributed by atoms with Gasteiger partial charge in [0, 0.05) is 17.9 Å². The Hall–Kier alpha value is -2.08. The van der Waals surface area contributed by atoms with E-state index in [0.29, 0.717) is 6.42 Å². The fraction of sp³-hybridized carbons (Fsp3) is 0.273. The van der Waals surface area contributed by atoms with Crippen molar-refractivity contribution < 1.29 is 14.7 Å². The Labute approximate surface area is 97.8 Å². The molecule has 1 amide bonds. The molecule has 0 bridgehead atoms. The maximum atomic E-state index is 11.1. The van der Waals surface area contributed by atoms with Crippen LogP contribution in [0.1, 0.15) is 5.56 Å². The molecule has 1 heterocycles. The molecule has 6 heteroatoms. The van der Waals surface area contributed by atoms with E-state index in [0.717, 1.165) is 16.9 Å². The van der Waals surface area contributed by atoms with E-state index in [1.54, 1.807) is 12.1 Å². The van der Waals surface area contributed by atoms with Crippen LogP contribution in [-0.4, -0.2) is 29.6 Å². The summed E-state index contributed by atoms with van der Waals surface area (Å²) < 4.78 is 0. The summed E-state index contributed by atoms with van der Waals surface area (Å²) in [6.07, 6.45) is 0.357. The lowest BCUT2D eigenvalue weighted by Crippen LogP contribution is -2.36. The van der Waals surface area contributed by atoms with Crippen LogP contribution in [0.25, 0.3) is 0 Å². The summed E-state index contributed by atoms with van der Waals surface area (Å²) >= 11 is 0. The summed E-state index contributed by atoms with van der Waals surface area (Å²) in [4.78, 5) is 21.7. The molecule has 1 aromatic carbocycles. The number of carbonyl (C=O) groups is 2. The van der Waals surface area contributed by atoms with E-state index in [4.69, 9.17) is 10.8 Å². The standard InChI is InChI=1S/C11H13N3O3/c12-8(11(16)17)5-13-7-1-2-9-6(3-7)4-10(15)14-9/h1-3,8,13H,4-5,12H2,(H,14,15)(H,16,17). The summed E-state index contributed by atoms with van der Waals surface area (Å²) in [7, 11) is 0. The molecule has 90 valence electrons. The fourth-order valence-corrected chi connectivity index (χ4v) is 1.65. The third-order valence-corrected chi connectivity index (χ3v) is 2.57.